The second kappa shape index (κ2) is 8.00. The molecule has 0 fully saturated rings. The molecule has 0 atom stereocenters. The number of aryl methyl sites for hydroxylation is 1. The summed E-state index contributed by atoms with van der Waals surface area (Å²) in [6.07, 6.45) is 0. The quantitative estimate of drug-likeness (QED) is 0.449. The number of carboxylic acid groups (broad SMARTS) is 1. The molecule has 4 rings (SSSR count). The highest BCUT2D eigenvalue weighted by atomic mass is 16.4. The van der Waals surface area contributed by atoms with Crippen LogP contribution in [0.2, 0.25) is 0 Å². The third kappa shape index (κ3) is 3.81. The number of azo groups is 1. The third-order valence-corrected chi connectivity index (χ3v) is 4.60. The van der Waals surface area contributed by atoms with Crippen LogP contribution < -0.4 is 5.56 Å². The van der Waals surface area contributed by atoms with Crippen molar-refractivity contribution < 1.29 is 9.90 Å². The van der Waals surface area contributed by atoms with E-state index in [1.54, 1.807) is 12.1 Å². The fourth-order valence-electron chi connectivity index (χ4n) is 2.98. The third-order valence-electron chi connectivity index (χ3n) is 4.60. The van der Waals surface area contributed by atoms with E-state index < -0.39 is 5.97 Å². The Labute approximate surface area is 172 Å². The van der Waals surface area contributed by atoms with E-state index in [2.05, 4.69) is 15.3 Å². The van der Waals surface area contributed by atoms with Crippen molar-refractivity contribution in [1.29, 1.82) is 0 Å². The highest BCUT2D eigenvalue weighted by Gasteiger charge is 2.17. The number of rotatable bonds is 5. The number of nitrogens with zero attached hydrogens (tertiary/aromatic N) is 3. The first-order valence-corrected chi connectivity index (χ1v) is 9.25. The van der Waals surface area contributed by atoms with Gasteiger partial charge in [0, 0.05) is 5.56 Å². The Kier molecular flexibility index (Phi) is 5.09. The average Bonchev–Trinajstić information content (AvgIpc) is 3.10. The molecule has 0 amide bonds. The van der Waals surface area contributed by atoms with E-state index in [0.29, 0.717) is 17.1 Å². The average molecular weight is 398 g/mol. The minimum atomic E-state index is -1.02. The molecule has 0 aliphatic carbocycles. The molecule has 0 bridgehead atoms. The zero-order valence-corrected chi connectivity index (χ0v) is 16.1. The van der Waals surface area contributed by atoms with Crippen LogP contribution in [0.3, 0.4) is 0 Å². The fourth-order valence-corrected chi connectivity index (χ4v) is 2.98. The lowest BCUT2D eigenvalue weighted by atomic mass is 10.1. The number of hydrogen-bond donors (Lipinski definition) is 2. The van der Waals surface area contributed by atoms with Crippen molar-refractivity contribution in [3.05, 3.63) is 100 Å². The number of nitrogens with one attached hydrogen (secondary N) is 1. The summed E-state index contributed by atoms with van der Waals surface area (Å²) in [5.41, 5.74) is 3.57. The van der Waals surface area contributed by atoms with Crippen molar-refractivity contribution in [3.8, 4) is 16.9 Å². The van der Waals surface area contributed by atoms with Crippen LogP contribution in [0.25, 0.3) is 16.9 Å². The zero-order chi connectivity index (χ0) is 21.1. The van der Waals surface area contributed by atoms with E-state index in [-0.39, 0.29) is 16.8 Å². The van der Waals surface area contributed by atoms with Crippen LogP contribution in [-0.4, -0.2) is 20.9 Å². The van der Waals surface area contributed by atoms with Gasteiger partial charge in [-0.2, -0.15) is 5.11 Å². The number of carboxylic acids is 1. The summed E-state index contributed by atoms with van der Waals surface area (Å²) in [6.45, 7) is 1.98. The Morgan fingerprint density at radius 1 is 0.900 bits per heavy atom. The summed E-state index contributed by atoms with van der Waals surface area (Å²) in [5.74, 6) is -1.02. The molecule has 30 heavy (non-hydrogen) atoms. The molecule has 0 spiro atoms. The van der Waals surface area contributed by atoms with Gasteiger partial charge in [0.25, 0.3) is 5.56 Å². The van der Waals surface area contributed by atoms with Crippen LogP contribution in [0, 0.1) is 6.92 Å². The fraction of sp³-hybridized carbons (Fsp3) is 0.0435. The maximum absolute atomic E-state index is 13.1. The van der Waals surface area contributed by atoms with Gasteiger partial charge in [-0.15, -0.1) is 5.11 Å². The molecular formula is C23H18N4O3. The van der Waals surface area contributed by atoms with Crippen molar-refractivity contribution >= 4 is 17.3 Å². The molecule has 7 nitrogen and oxygen atoms in total. The summed E-state index contributed by atoms with van der Waals surface area (Å²) in [7, 11) is 0. The van der Waals surface area contributed by atoms with Crippen molar-refractivity contribution in [3.63, 3.8) is 0 Å². The van der Waals surface area contributed by atoms with Crippen molar-refractivity contribution in [2.45, 2.75) is 6.92 Å². The molecule has 0 unspecified atom stereocenters. The number of carbonyl (C=O) groups is 1. The SMILES string of the molecule is Cc1ccc(-n2[nH]c(-c3ccccc3)c(N=Nc3ccc(C(=O)O)cc3)c2=O)cc1. The lowest BCUT2D eigenvalue weighted by Crippen LogP contribution is -2.13. The summed E-state index contributed by atoms with van der Waals surface area (Å²) >= 11 is 0. The van der Waals surface area contributed by atoms with E-state index in [9.17, 15) is 9.59 Å². The van der Waals surface area contributed by atoms with Crippen molar-refractivity contribution in [1.82, 2.24) is 9.78 Å². The number of aromatic amines is 1. The molecule has 1 heterocycles. The van der Waals surface area contributed by atoms with Crippen LogP contribution in [0.5, 0.6) is 0 Å². The van der Waals surface area contributed by atoms with Crippen LogP contribution in [-0.2, 0) is 0 Å². The molecular weight excluding hydrogens is 380 g/mol. The van der Waals surface area contributed by atoms with Gasteiger partial charge in [-0.05, 0) is 43.3 Å². The first kappa shape index (κ1) is 19.1. The lowest BCUT2D eigenvalue weighted by molar-refractivity contribution is 0.0697. The van der Waals surface area contributed by atoms with Crippen LogP contribution in [0.1, 0.15) is 15.9 Å². The largest absolute Gasteiger partial charge is 0.478 e. The highest BCUT2D eigenvalue weighted by molar-refractivity contribution is 5.87. The second-order valence-electron chi connectivity index (χ2n) is 6.73. The number of hydrogen-bond acceptors (Lipinski definition) is 4. The number of aromatic carboxylic acids is 1. The Hall–Kier alpha value is -4.26. The van der Waals surface area contributed by atoms with Crippen LogP contribution >= 0.6 is 0 Å². The Bertz CT molecular complexity index is 1270. The number of aromatic nitrogens is 2. The molecule has 0 aliphatic rings. The van der Waals surface area contributed by atoms with Crippen molar-refractivity contribution in [2.75, 3.05) is 0 Å². The monoisotopic (exact) mass is 398 g/mol. The minimum absolute atomic E-state index is 0.155. The van der Waals surface area contributed by atoms with E-state index in [0.717, 1.165) is 11.1 Å². The van der Waals surface area contributed by atoms with Gasteiger partial charge >= 0.3 is 5.97 Å². The van der Waals surface area contributed by atoms with E-state index in [4.69, 9.17) is 5.11 Å². The number of benzene rings is 3. The molecule has 1 aromatic heterocycles. The molecule has 4 aromatic rings. The zero-order valence-electron chi connectivity index (χ0n) is 16.1. The minimum Gasteiger partial charge on any atom is -0.478 e. The van der Waals surface area contributed by atoms with Gasteiger partial charge in [-0.25, -0.2) is 9.48 Å². The summed E-state index contributed by atoms with van der Waals surface area (Å²) in [4.78, 5) is 24.1. The molecule has 7 heteroatoms. The topological polar surface area (TPSA) is 99.8 Å². The van der Waals surface area contributed by atoms with Gasteiger partial charge in [0.15, 0.2) is 5.69 Å². The van der Waals surface area contributed by atoms with Gasteiger partial charge < -0.3 is 5.11 Å². The van der Waals surface area contributed by atoms with E-state index >= 15 is 0 Å². The molecule has 148 valence electrons. The van der Waals surface area contributed by atoms with Gasteiger partial charge in [-0.3, -0.25) is 9.89 Å². The maximum Gasteiger partial charge on any atom is 0.335 e. The smallest absolute Gasteiger partial charge is 0.335 e. The Balaban J connectivity index is 1.80. The number of H-pyrrole nitrogens is 1. The van der Waals surface area contributed by atoms with Gasteiger partial charge in [-0.1, -0.05) is 48.0 Å². The van der Waals surface area contributed by atoms with Crippen LogP contribution in [0.15, 0.2) is 93.9 Å². The maximum atomic E-state index is 13.1. The summed E-state index contributed by atoms with van der Waals surface area (Å²) in [6, 6.07) is 22.9. The van der Waals surface area contributed by atoms with Crippen LogP contribution in [0.4, 0.5) is 11.4 Å². The standard InChI is InChI=1S/C23H18N4O3/c1-15-7-13-19(14-8-15)27-22(28)21(20(26-27)16-5-3-2-4-6-16)25-24-18-11-9-17(10-12-18)23(29)30/h2-14,26H,1H3,(H,29,30). The Morgan fingerprint density at radius 2 is 1.57 bits per heavy atom. The molecule has 0 saturated heterocycles. The van der Waals surface area contributed by atoms with Gasteiger partial charge in [0.05, 0.1) is 22.6 Å². The predicted molar refractivity (Wildman–Crippen MR) is 114 cm³/mol. The normalized spacial score (nSPS) is 11.1. The summed E-state index contributed by atoms with van der Waals surface area (Å²) < 4.78 is 1.43. The van der Waals surface area contributed by atoms with E-state index in [1.807, 2.05) is 61.5 Å². The second-order valence-corrected chi connectivity index (χ2v) is 6.73. The van der Waals surface area contributed by atoms with E-state index in [1.165, 1.54) is 16.8 Å². The highest BCUT2D eigenvalue weighted by Crippen LogP contribution is 2.28. The van der Waals surface area contributed by atoms with Gasteiger partial charge in [0.2, 0.25) is 0 Å². The van der Waals surface area contributed by atoms with Crippen molar-refractivity contribution in [2.24, 2.45) is 10.2 Å². The molecule has 0 saturated carbocycles. The molecule has 2 N–H and O–H groups in total. The Morgan fingerprint density at radius 3 is 2.20 bits per heavy atom. The first-order valence-electron chi connectivity index (χ1n) is 9.25. The first-order chi connectivity index (χ1) is 14.5. The molecule has 0 aliphatic heterocycles. The molecule has 3 aromatic carbocycles. The predicted octanol–water partition coefficient (Wildman–Crippen LogP) is 5.25. The summed E-state index contributed by atoms with van der Waals surface area (Å²) in [5, 5.41) is 20.5. The lowest BCUT2D eigenvalue weighted by Gasteiger charge is -2.02. The molecule has 0 radical (unpaired) electrons. The van der Waals surface area contributed by atoms with Gasteiger partial charge in [0.1, 0.15) is 0 Å².